The second-order valence-electron chi connectivity index (χ2n) is 8.54. The lowest BCUT2D eigenvalue weighted by molar-refractivity contribution is -0.122. The summed E-state index contributed by atoms with van der Waals surface area (Å²) in [6.45, 7) is 8.65. The number of hydrogen-bond donors (Lipinski definition) is 1. The van der Waals surface area contributed by atoms with Crippen molar-refractivity contribution < 1.29 is 4.79 Å². The van der Waals surface area contributed by atoms with Crippen LogP contribution < -0.4 is 16.6 Å². The predicted octanol–water partition coefficient (Wildman–Crippen LogP) is 0.0604. The van der Waals surface area contributed by atoms with Gasteiger partial charge in [0.2, 0.25) is 5.91 Å². The van der Waals surface area contributed by atoms with Crippen LogP contribution in [0.25, 0.3) is 11.2 Å². The van der Waals surface area contributed by atoms with E-state index in [1.165, 1.54) is 17.3 Å². The third-order valence-corrected chi connectivity index (χ3v) is 5.73. The number of hydrogen-bond acceptors (Lipinski definition) is 5. The third kappa shape index (κ3) is 3.76. The van der Waals surface area contributed by atoms with E-state index in [9.17, 15) is 14.4 Å². The topological polar surface area (TPSA) is 94.2 Å². The molecule has 0 aliphatic carbocycles. The van der Waals surface area contributed by atoms with Gasteiger partial charge in [-0.2, -0.15) is 0 Å². The van der Waals surface area contributed by atoms with Crippen LogP contribution >= 0.6 is 0 Å². The number of carbonyl (C=O) groups excluding carboxylic acids is 1. The van der Waals surface area contributed by atoms with E-state index in [1.54, 1.807) is 18.7 Å². The molecule has 1 saturated heterocycles. The summed E-state index contributed by atoms with van der Waals surface area (Å²) in [6.07, 6.45) is 3.88. The van der Waals surface area contributed by atoms with Gasteiger partial charge in [-0.05, 0) is 39.2 Å². The van der Waals surface area contributed by atoms with Crippen LogP contribution in [0.1, 0.15) is 33.6 Å². The fourth-order valence-corrected chi connectivity index (χ4v) is 3.90. The fraction of sp³-hybridized carbons (Fsp3) is 0.684. The van der Waals surface area contributed by atoms with Gasteiger partial charge < -0.3 is 9.88 Å². The molecular formula is C19H30N6O3. The summed E-state index contributed by atoms with van der Waals surface area (Å²) in [5.41, 5.74) is -0.619. The summed E-state index contributed by atoms with van der Waals surface area (Å²) in [7, 11) is 3.24. The molecule has 0 saturated carbocycles. The first-order chi connectivity index (χ1) is 13.1. The zero-order chi connectivity index (χ0) is 20.6. The van der Waals surface area contributed by atoms with Gasteiger partial charge in [-0.25, -0.2) is 14.3 Å². The highest BCUT2D eigenvalue weighted by Gasteiger charge is 2.30. The molecule has 1 amide bonds. The standard InChI is InChI=1S/C19H30N6O3/c1-13-7-6-8-24(9-13)19(2,3)11-20-14(26)10-25-17(27)15-16(21-12-22(15)4)23(5)18(25)28/h12-13H,6-11H2,1-5H3,(H,20,26). The number of aryl methyl sites for hydroxylation is 2. The zero-order valence-corrected chi connectivity index (χ0v) is 17.4. The van der Waals surface area contributed by atoms with Crippen molar-refractivity contribution in [3.05, 3.63) is 27.2 Å². The second-order valence-corrected chi connectivity index (χ2v) is 8.54. The molecule has 1 fully saturated rings. The van der Waals surface area contributed by atoms with Gasteiger partial charge in [-0.3, -0.25) is 19.1 Å². The van der Waals surface area contributed by atoms with Crippen LogP contribution in [0.5, 0.6) is 0 Å². The Morgan fingerprint density at radius 3 is 2.71 bits per heavy atom. The number of fused-ring (bicyclic) bond motifs is 1. The number of imidazole rings is 1. The van der Waals surface area contributed by atoms with Crippen molar-refractivity contribution in [1.82, 2.24) is 28.9 Å². The van der Waals surface area contributed by atoms with E-state index >= 15 is 0 Å². The van der Waals surface area contributed by atoms with E-state index < -0.39 is 11.2 Å². The Labute approximate surface area is 164 Å². The minimum Gasteiger partial charge on any atom is -0.353 e. The summed E-state index contributed by atoms with van der Waals surface area (Å²) >= 11 is 0. The van der Waals surface area contributed by atoms with Crippen molar-refractivity contribution in [2.24, 2.45) is 20.0 Å². The first-order valence-corrected chi connectivity index (χ1v) is 9.74. The van der Waals surface area contributed by atoms with Gasteiger partial charge >= 0.3 is 5.69 Å². The van der Waals surface area contributed by atoms with Crippen LogP contribution in [-0.4, -0.2) is 54.7 Å². The summed E-state index contributed by atoms with van der Waals surface area (Å²) < 4.78 is 3.82. The Hall–Kier alpha value is -2.42. The molecule has 2 aromatic heterocycles. The lowest BCUT2D eigenvalue weighted by Gasteiger charge is -2.43. The van der Waals surface area contributed by atoms with Crippen LogP contribution in [0.4, 0.5) is 0 Å². The number of amides is 1. The maximum absolute atomic E-state index is 12.7. The minimum atomic E-state index is -0.546. The number of likely N-dealkylation sites (tertiary alicyclic amines) is 1. The molecule has 3 heterocycles. The van der Waals surface area contributed by atoms with Crippen molar-refractivity contribution in [3.63, 3.8) is 0 Å². The van der Waals surface area contributed by atoms with E-state index in [-0.39, 0.29) is 18.0 Å². The molecule has 1 N–H and O–H groups in total. The molecule has 3 rings (SSSR count). The van der Waals surface area contributed by atoms with Crippen molar-refractivity contribution in [2.45, 2.75) is 45.7 Å². The highest BCUT2D eigenvalue weighted by atomic mass is 16.2. The average Bonchev–Trinajstić information content (AvgIpc) is 3.04. The second kappa shape index (κ2) is 7.54. The monoisotopic (exact) mass is 390 g/mol. The molecule has 154 valence electrons. The molecule has 2 aromatic rings. The molecule has 0 aromatic carbocycles. The molecule has 1 atom stereocenters. The molecule has 0 bridgehead atoms. The van der Waals surface area contributed by atoms with Crippen LogP contribution in [0, 0.1) is 5.92 Å². The van der Waals surface area contributed by atoms with Gasteiger partial charge in [0, 0.05) is 32.7 Å². The maximum Gasteiger partial charge on any atom is 0.332 e. The van der Waals surface area contributed by atoms with Gasteiger partial charge in [0.05, 0.1) is 6.33 Å². The fourth-order valence-electron chi connectivity index (χ4n) is 3.90. The lowest BCUT2D eigenvalue weighted by atomic mass is 9.93. The van der Waals surface area contributed by atoms with E-state index in [0.29, 0.717) is 23.6 Å². The number of carbonyl (C=O) groups is 1. The van der Waals surface area contributed by atoms with Crippen molar-refractivity contribution in [2.75, 3.05) is 19.6 Å². The molecular weight excluding hydrogens is 360 g/mol. The number of nitrogens with zero attached hydrogens (tertiary/aromatic N) is 5. The minimum absolute atomic E-state index is 0.188. The molecule has 0 spiro atoms. The Morgan fingerprint density at radius 1 is 1.32 bits per heavy atom. The van der Waals surface area contributed by atoms with Crippen LogP contribution in [0.15, 0.2) is 15.9 Å². The number of piperidine rings is 1. The van der Waals surface area contributed by atoms with Crippen molar-refractivity contribution in [3.8, 4) is 0 Å². The lowest BCUT2D eigenvalue weighted by Crippen LogP contribution is -2.55. The van der Waals surface area contributed by atoms with Crippen LogP contribution in [0.3, 0.4) is 0 Å². The SMILES string of the molecule is CC1CCCN(C(C)(C)CNC(=O)Cn2c(=O)c3c(ncn3C)n(C)c2=O)C1. The summed E-state index contributed by atoms with van der Waals surface area (Å²) in [4.78, 5) is 44.2. The van der Waals surface area contributed by atoms with E-state index in [1.807, 2.05) is 0 Å². The quantitative estimate of drug-likeness (QED) is 0.779. The molecule has 1 aliphatic heterocycles. The number of rotatable bonds is 5. The highest BCUT2D eigenvalue weighted by molar-refractivity contribution is 5.76. The van der Waals surface area contributed by atoms with Crippen LogP contribution in [0.2, 0.25) is 0 Å². The summed E-state index contributed by atoms with van der Waals surface area (Å²) in [5, 5.41) is 2.90. The first-order valence-electron chi connectivity index (χ1n) is 9.74. The van der Waals surface area contributed by atoms with Crippen LogP contribution in [-0.2, 0) is 25.4 Å². The predicted molar refractivity (Wildman–Crippen MR) is 107 cm³/mol. The average molecular weight is 390 g/mol. The van der Waals surface area contributed by atoms with Gasteiger partial charge in [0.15, 0.2) is 11.2 Å². The zero-order valence-electron chi connectivity index (χ0n) is 17.4. The Kier molecular flexibility index (Phi) is 5.47. The number of nitrogens with one attached hydrogen (secondary N) is 1. The van der Waals surface area contributed by atoms with Gasteiger partial charge in [0.1, 0.15) is 6.54 Å². The van der Waals surface area contributed by atoms with Gasteiger partial charge in [-0.1, -0.05) is 6.92 Å². The Morgan fingerprint density at radius 2 is 2.04 bits per heavy atom. The molecule has 9 nitrogen and oxygen atoms in total. The Balaban J connectivity index is 1.74. The maximum atomic E-state index is 12.7. The van der Waals surface area contributed by atoms with Crippen molar-refractivity contribution >= 4 is 17.1 Å². The molecule has 28 heavy (non-hydrogen) atoms. The summed E-state index contributed by atoms with van der Waals surface area (Å²) in [5.74, 6) is 0.301. The number of aromatic nitrogens is 4. The first kappa shape index (κ1) is 20.3. The molecule has 9 heteroatoms. The smallest absolute Gasteiger partial charge is 0.332 e. The molecule has 1 unspecified atom stereocenters. The summed E-state index contributed by atoms with van der Waals surface area (Å²) in [6, 6.07) is 0. The normalized spacial score (nSPS) is 18.5. The molecule has 1 aliphatic rings. The highest BCUT2D eigenvalue weighted by Crippen LogP contribution is 2.23. The van der Waals surface area contributed by atoms with Crippen molar-refractivity contribution in [1.29, 1.82) is 0 Å². The van der Waals surface area contributed by atoms with E-state index in [0.717, 1.165) is 24.1 Å². The third-order valence-electron chi connectivity index (χ3n) is 5.73. The largest absolute Gasteiger partial charge is 0.353 e. The van der Waals surface area contributed by atoms with Gasteiger partial charge in [0.25, 0.3) is 5.56 Å². The molecule has 0 radical (unpaired) electrons. The Bertz CT molecular complexity index is 999. The van der Waals surface area contributed by atoms with E-state index in [2.05, 4.69) is 36.0 Å². The van der Waals surface area contributed by atoms with Gasteiger partial charge in [-0.15, -0.1) is 0 Å². The van der Waals surface area contributed by atoms with E-state index in [4.69, 9.17) is 0 Å².